The molecule has 1 fully saturated rings. The Hall–Kier alpha value is -2.56. The van der Waals surface area contributed by atoms with Crippen LogP contribution in [0.2, 0.25) is 0 Å². The maximum atomic E-state index is 13.5. The summed E-state index contributed by atoms with van der Waals surface area (Å²) in [7, 11) is 0. The highest BCUT2D eigenvalue weighted by Crippen LogP contribution is 2.33. The summed E-state index contributed by atoms with van der Waals surface area (Å²) in [5, 5.41) is 3.29. The lowest BCUT2D eigenvalue weighted by Crippen LogP contribution is -2.63. The summed E-state index contributed by atoms with van der Waals surface area (Å²) in [6.07, 6.45) is 10.2. The van der Waals surface area contributed by atoms with Crippen molar-refractivity contribution in [3.8, 4) is 0 Å². The summed E-state index contributed by atoms with van der Waals surface area (Å²) in [6, 6.07) is 11.5. The summed E-state index contributed by atoms with van der Waals surface area (Å²) in [4.78, 5) is 28.6. The van der Waals surface area contributed by atoms with Crippen LogP contribution in [0.1, 0.15) is 73.6 Å². The topological polar surface area (TPSA) is 62.6 Å². The van der Waals surface area contributed by atoms with Gasteiger partial charge in [0.25, 0.3) is 5.91 Å². The van der Waals surface area contributed by atoms with E-state index in [1.54, 1.807) is 11.2 Å². The van der Waals surface area contributed by atoms with Crippen LogP contribution in [-0.4, -0.2) is 28.3 Å². The lowest BCUT2D eigenvalue weighted by molar-refractivity contribution is -0.133. The van der Waals surface area contributed by atoms with E-state index in [0.717, 1.165) is 31.2 Å². The molecule has 2 heterocycles. The summed E-state index contributed by atoms with van der Waals surface area (Å²) in [5.74, 6) is 0.513. The molecule has 5 nitrogen and oxygen atoms in total. The van der Waals surface area contributed by atoms with Gasteiger partial charge in [-0.25, -0.2) is 0 Å². The minimum atomic E-state index is -0.944. The van der Waals surface area contributed by atoms with Gasteiger partial charge in [0.1, 0.15) is 11.3 Å². The normalized spacial score (nSPS) is 23.2. The fraction of sp³-hybridized carbons (Fsp3) is 0.500. The molecular formula is C24H30N2O3. The molecule has 4 rings (SSSR count). The number of amides is 2. The van der Waals surface area contributed by atoms with Crippen molar-refractivity contribution in [2.24, 2.45) is 0 Å². The van der Waals surface area contributed by atoms with Crippen molar-refractivity contribution in [1.82, 2.24) is 10.2 Å². The molecule has 0 spiro atoms. The molecule has 1 saturated carbocycles. The summed E-state index contributed by atoms with van der Waals surface area (Å²) in [5.41, 5.74) is 0.666. The van der Waals surface area contributed by atoms with E-state index >= 15 is 0 Å². The Kier molecular flexibility index (Phi) is 5.74. The lowest BCUT2D eigenvalue weighted by atomic mass is 9.82. The van der Waals surface area contributed by atoms with Gasteiger partial charge in [-0.05, 0) is 43.5 Å². The van der Waals surface area contributed by atoms with Crippen molar-refractivity contribution in [2.45, 2.75) is 76.4 Å². The maximum Gasteiger partial charge on any atom is 0.255 e. The highest BCUT2D eigenvalue weighted by Gasteiger charge is 2.47. The minimum absolute atomic E-state index is 0.0579. The maximum absolute atomic E-state index is 13.5. The minimum Gasteiger partial charge on any atom is -0.467 e. The largest absolute Gasteiger partial charge is 0.467 e. The van der Waals surface area contributed by atoms with Crippen LogP contribution in [0, 0.1) is 0 Å². The molecule has 2 aliphatic rings. The highest BCUT2D eigenvalue weighted by molar-refractivity contribution is 6.02. The van der Waals surface area contributed by atoms with Crippen LogP contribution in [0.4, 0.5) is 0 Å². The van der Waals surface area contributed by atoms with Crippen LogP contribution < -0.4 is 5.32 Å². The molecule has 1 aromatic carbocycles. The zero-order valence-corrected chi connectivity index (χ0v) is 17.2. The zero-order chi connectivity index (χ0) is 20.3. The second kappa shape index (κ2) is 8.44. The van der Waals surface area contributed by atoms with Crippen LogP contribution in [0.25, 0.3) is 0 Å². The molecule has 5 heteroatoms. The van der Waals surface area contributed by atoms with Crippen LogP contribution in [-0.2, 0) is 17.8 Å². The predicted octanol–water partition coefficient (Wildman–Crippen LogP) is 4.47. The number of nitrogens with zero attached hydrogens (tertiary/aromatic N) is 1. The van der Waals surface area contributed by atoms with Crippen molar-refractivity contribution in [2.75, 3.05) is 0 Å². The molecule has 1 aliphatic carbocycles. The SMILES string of the molecule is CC1(C(=O)NC2CCCCCCC2)Cc2ccccc2C(=O)N1Cc1ccco1. The van der Waals surface area contributed by atoms with Gasteiger partial charge in [-0.15, -0.1) is 0 Å². The van der Waals surface area contributed by atoms with Gasteiger partial charge in [-0.3, -0.25) is 9.59 Å². The number of hydrogen-bond acceptors (Lipinski definition) is 3. The fourth-order valence-corrected chi connectivity index (χ4v) is 4.67. The molecule has 1 N–H and O–H groups in total. The van der Waals surface area contributed by atoms with Crippen LogP contribution in [0.15, 0.2) is 47.1 Å². The standard InChI is InChI=1S/C24H30N2O3/c1-24(23(28)25-19-11-5-3-2-4-6-12-19)16-18-10-7-8-14-21(18)22(27)26(24)17-20-13-9-15-29-20/h7-10,13-15,19H,2-6,11-12,16-17H2,1H3,(H,25,28). The van der Waals surface area contributed by atoms with Gasteiger partial charge in [-0.2, -0.15) is 0 Å². The number of carbonyl (C=O) groups is 2. The highest BCUT2D eigenvalue weighted by atomic mass is 16.3. The Bertz CT molecular complexity index is 853. The lowest BCUT2D eigenvalue weighted by Gasteiger charge is -2.44. The first-order chi connectivity index (χ1) is 14.1. The first-order valence-corrected chi connectivity index (χ1v) is 10.8. The van der Waals surface area contributed by atoms with E-state index in [-0.39, 0.29) is 24.4 Å². The van der Waals surface area contributed by atoms with Gasteiger partial charge >= 0.3 is 0 Å². The second-order valence-electron chi connectivity index (χ2n) is 8.59. The Labute approximate surface area is 172 Å². The van der Waals surface area contributed by atoms with E-state index in [2.05, 4.69) is 5.32 Å². The molecule has 0 radical (unpaired) electrons. The first-order valence-electron chi connectivity index (χ1n) is 10.8. The molecule has 1 unspecified atom stereocenters. The average molecular weight is 395 g/mol. The molecule has 1 atom stereocenters. The zero-order valence-electron chi connectivity index (χ0n) is 17.2. The third kappa shape index (κ3) is 4.09. The number of nitrogens with one attached hydrogen (secondary N) is 1. The molecule has 29 heavy (non-hydrogen) atoms. The Morgan fingerprint density at radius 2 is 1.83 bits per heavy atom. The van der Waals surface area contributed by atoms with Crippen molar-refractivity contribution < 1.29 is 14.0 Å². The van der Waals surface area contributed by atoms with Gasteiger partial charge < -0.3 is 14.6 Å². The summed E-state index contributed by atoms with van der Waals surface area (Å²) >= 11 is 0. The third-order valence-electron chi connectivity index (χ3n) is 6.45. The quantitative estimate of drug-likeness (QED) is 0.832. The number of benzene rings is 1. The number of fused-ring (bicyclic) bond motifs is 1. The van der Waals surface area contributed by atoms with Gasteiger partial charge in [0.15, 0.2) is 0 Å². The molecule has 1 aromatic heterocycles. The van der Waals surface area contributed by atoms with Gasteiger partial charge in [-0.1, -0.05) is 50.3 Å². The van der Waals surface area contributed by atoms with Crippen molar-refractivity contribution in [3.63, 3.8) is 0 Å². The third-order valence-corrected chi connectivity index (χ3v) is 6.45. The number of rotatable bonds is 4. The van der Waals surface area contributed by atoms with Crippen LogP contribution in [0.5, 0.6) is 0 Å². The Morgan fingerprint density at radius 1 is 1.10 bits per heavy atom. The average Bonchev–Trinajstić information content (AvgIpc) is 3.20. The molecule has 2 aromatic rings. The van der Waals surface area contributed by atoms with Gasteiger partial charge in [0.05, 0.1) is 12.8 Å². The Morgan fingerprint density at radius 3 is 2.55 bits per heavy atom. The molecule has 154 valence electrons. The van der Waals surface area contributed by atoms with E-state index in [1.807, 2.05) is 43.3 Å². The van der Waals surface area contributed by atoms with Gasteiger partial charge in [0, 0.05) is 18.0 Å². The number of carbonyl (C=O) groups excluding carboxylic acids is 2. The smallest absolute Gasteiger partial charge is 0.255 e. The van der Waals surface area contributed by atoms with E-state index in [1.165, 1.54) is 19.3 Å². The molecule has 0 saturated heterocycles. The monoisotopic (exact) mass is 394 g/mol. The fourth-order valence-electron chi connectivity index (χ4n) is 4.67. The molecule has 0 bridgehead atoms. The second-order valence-corrected chi connectivity index (χ2v) is 8.59. The van der Waals surface area contributed by atoms with Crippen LogP contribution in [0.3, 0.4) is 0 Å². The van der Waals surface area contributed by atoms with E-state index in [0.29, 0.717) is 17.7 Å². The molecule has 1 aliphatic heterocycles. The molecule has 2 amide bonds. The van der Waals surface area contributed by atoms with Crippen molar-refractivity contribution in [1.29, 1.82) is 0 Å². The van der Waals surface area contributed by atoms with Crippen molar-refractivity contribution in [3.05, 3.63) is 59.5 Å². The summed E-state index contributed by atoms with van der Waals surface area (Å²) < 4.78 is 5.50. The number of hydrogen-bond donors (Lipinski definition) is 1. The summed E-state index contributed by atoms with van der Waals surface area (Å²) in [6.45, 7) is 2.18. The molecular weight excluding hydrogens is 364 g/mol. The van der Waals surface area contributed by atoms with E-state index in [4.69, 9.17) is 4.42 Å². The predicted molar refractivity (Wildman–Crippen MR) is 111 cm³/mol. The van der Waals surface area contributed by atoms with Gasteiger partial charge in [0.2, 0.25) is 5.91 Å². The van der Waals surface area contributed by atoms with E-state index in [9.17, 15) is 9.59 Å². The van der Waals surface area contributed by atoms with Crippen molar-refractivity contribution >= 4 is 11.8 Å². The van der Waals surface area contributed by atoms with E-state index < -0.39 is 5.54 Å². The first kappa shape index (κ1) is 19.7. The van der Waals surface area contributed by atoms with Crippen LogP contribution >= 0.6 is 0 Å². The Balaban J connectivity index is 1.61. The number of furan rings is 1.